The van der Waals surface area contributed by atoms with Crippen LogP contribution in [0.25, 0.3) is 0 Å². The molecule has 8 nitrogen and oxygen atoms in total. The summed E-state index contributed by atoms with van der Waals surface area (Å²) in [5.41, 5.74) is 0.730. The third kappa shape index (κ3) is 7.90. The Balaban J connectivity index is 2.45. The topological polar surface area (TPSA) is 96.0 Å². The summed E-state index contributed by atoms with van der Waals surface area (Å²) in [6.07, 6.45) is 1.66. The van der Waals surface area contributed by atoms with E-state index in [2.05, 4.69) is 5.32 Å². The fourth-order valence-corrected chi connectivity index (χ4v) is 4.82. The standard InChI is InChI=1S/C24H30Cl3N3O5S/c1-6-15(2)28-24(32)16(3)29(13-17-7-9-18(35-4)10-8-17)23(31)14-30(36(5,33)34)22-12-20(26)19(25)11-21(22)27/h7-12,15-16H,6,13-14H2,1-5H3,(H,28,32). The van der Waals surface area contributed by atoms with Crippen LogP contribution in [-0.2, 0) is 26.2 Å². The van der Waals surface area contributed by atoms with Crippen LogP contribution in [0.4, 0.5) is 5.69 Å². The average Bonchev–Trinajstić information content (AvgIpc) is 2.82. The second-order valence-corrected chi connectivity index (χ2v) is 11.5. The van der Waals surface area contributed by atoms with Gasteiger partial charge in [0.1, 0.15) is 18.3 Å². The maximum Gasteiger partial charge on any atom is 0.244 e. The molecule has 0 aliphatic carbocycles. The second-order valence-electron chi connectivity index (χ2n) is 8.35. The number of amides is 2. The molecule has 2 aromatic carbocycles. The summed E-state index contributed by atoms with van der Waals surface area (Å²) in [6.45, 7) is 4.84. The van der Waals surface area contributed by atoms with E-state index in [-0.39, 0.29) is 39.2 Å². The molecule has 0 spiro atoms. The quantitative estimate of drug-likeness (QED) is 0.388. The Bertz CT molecular complexity index is 1190. The number of rotatable bonds is 11. The summed E-state index contributed by atoms with van der Waals surface area (Å²) < 4.78 is 31.4. The predicted molar refractivity (Wildman–Crippen MR) is 145 cm³/mol. The molecule has 2 rings (SSSR count). The van der Waals surface area contributed by atoms with E-state index in [0.717, 1.165) is 16.1 Å². The van der Waals surface area contributed by atoms with Crippen LogP contribution in [0.3, 0.4) is 0 Å². The van der Waals surface area contributed by atoms with Gasteiger partial charge in [0, 0.05) is 12.6 Å². The molecular weight excluding hydrogens is 549 g/mol. The molecule has 198 valence electrons. The minimum atomic E-state index is -3.97. The van der Waals surface area contributed by atoms with Crippen molar-refractivity contribution in [1.29, 1.82) is 0 Å². The maximum atomic E-state index is 13.6. The second kappa shape index (κ2) is 12.9. The summed E-state index contributed by atoms with van der Waals surface area (Å²) in [5.74, 6) is -0.327. The van der Waals surface area contributed by atoms with E-state index in [9.17, 15) is 18.0 Å². The number of carbonyl (C=O) groups excluding carboxylic acids is 2. The Morgan fingerprint density at radius 3 is 2.14 bits per heavy atom. The Hall–Kier alpha value is -2.20. The molecule has 0 fully saturated rings. The number of ether oxygens (including phenoxy) is 1. The number of nitrogens with zero attached hydrogens (tertiary/aromatic N) is 2. The summed E-state index contributed by atoms with van der Waals surface area (Å²) >= 11 is 18.3. The Morgan fingerprint density at radius 2 is 1.61 bits per heavy atom. The molecule has 2 aromatic rings. The van der Waals surface area contributed by atoms with Crippen molar-refractivity contribution in [2.75, 3.05) is 24.2 Å². The molecule has 0 aliphatic rings. The lowest BCUT2D eigenvalue weighted by Crippen LogP contribution is -2.52. The monoisotopic (exact) mass is 577 g/mol. The molecule has 0 radical (unpaired) electrons. The zero-order chi connectivity index (χ0) is 27.2. The van der Waals surface area contributed by atoms with Gasteiger partial charge in [0.2, 0.25) is 21.8 Å². The first-order valence-corrected chi connectivity index (χ1v) is 14.1. The van der Waals surface area contributed by atoms with Crippen LogP contribution in [0, 0.1) is 0 Å². The van der Waals surface area contributed by atoms with E-state index in [4.69, 9.17) is 39.5 Å². The highest BCUT2D eigenvalue weighted by Crippen LogP contribution is 2.35. The molecular formula is C24H30Cl3N3O5S. The van der Waals surface area contributed by atoms with Crippen molar-refractivity contribution in [3.63, 3.8) is 0 Å². The van der Waals surface area contributed by atoms with E-state index in [1.807, 2.05) is 13.8 Å². The molecule has 36 heavy (non-hydrogen) atoms. The van der Waals surface area contributed by atoms with Gasteiger partial charge >= 0.3 is 0 Å². The van der Waals surface area contributed by atoms with E-state index >= 15 is 0 Å². The number of methoxy groups -OCH3 is 1. The highest BCUT2D eigenvalue weighted by molar-refractivity contribution is 7.92. The first kappa shape index (κ1) is 30.0. The van der Waals surface area contributed by atoms with Crippen LogP contribution in [0.5, 0.6) is 5.75 Å². The maximum absolute atomic E-state index is 13.6. The minimum Gasteiger partial charge on any atom is -0.497 e. The summed E-state index contributed by atoms with van der Waals surface area (Å²) in [7, 11) is -2.43. The first-order chi connectivity index (χ1) is 16.8. The lowest BCUT2D eigenvalue weighted by molar-refractivity contribution is -0.139. The van der Waals surface area contributed by atoms with Gasteiger partial charge in [-0.3, -0.25) is 13.9 Å². The SMILES string of the molecule is CCC(C)NC(=O)C(C)N(Cc1ccc(OC)cc1)C(=O)CN(c1cc(Cl)c(Cl)cc1Cl)S(C)(=O)=O. The smallest absolute Gasteiger partial charge is 0.244 e. The number of sulfonamides is 1. The first-order valence-electron chi connectivity index (χ1n) is 11.1. The number of hydrogen-bond acceptors (Lipinski definition) is 5. The average molecular weight is 579 g/mol. The summed E-state index contributed by atoms with van der Waals surface area (Å²) in [6, 6.07) is 8.61. The molecule has 2 amide bonds. The molecule has 0 heterocycles. The molecule has 0 bridgehead atoms. The zero-order valence-electron chi connectivity index (χ0n) is 20.7. The Morgan fingerprint density at radius 1 is 1.03 bits per heavy atom. The van der Waals surface area contributed by atoms with Crippen LogP contribution in [0.15, 0.2) is 36.4 Å². The highest BCUT2D eigenvalue weighted by Gasteiger charge is 2.31. The fraction of sp³-hybridized carbons (Fsp3) is 0.417. The van der Waals surface area contributed by atoms with E-state index in [0.29, 0.717) is 12.2 Å². The van der Waals surface area contributed by atoms with Gasteiger partial charge in [0.15, 0.2) is 0 Å². The van der Waals surface area contributed by atoms with Crippen molar-refractivity contribution in [2.45, 2.75) is 45.8 Å². The molecule has 1 N–H and O–H groups in total. The number of benzene rings is 2. The van der Waals surface area contributed by atoms with Crippen molar-refractivity contribution in [3.05, 3.63) is 57.0 Å². The van der Waals surface area contributed by atoms with Gasteiger partial charge in [-0.25, -0.2) is 8.42 Å². The third-order valence-electron chi connectivity index (χ3n) is 5.62. The zero-order valence-corrected chi connectivity index (χ0v) is 23.8. The van der Waals surface area contributed by atoms with E-state index in [1.165, 1.54) is 17.0 Å². The molecule has 12 heteroatoms. The Kier molecular flexibility index (Phi) is 10.7. The van der Waals surface area contributed by atoms with E-state index in [1.54, 1.807) is 38.3 Å². The lowest BCUT2D eigenvalue weighted by atomic mass is 10.1. The third-order valence-corrected chi connectivity index (χ3v) is 7.77. The molecule has 0 saturated carbocycles. The molecule has 0 aromatic heterocycles. The summed E-state index contributed by atoms with van der Waals surface area (Å²) in [5, 5.41) is 3.09. The number of nitrogens with one attached hydrogen (secondary N) is 1. The van der Waals surface area contributed by atoms with Gasteiger partial charge < -0.3 is 15.0 Å². The van der Waals surface area contributed by atoms with Crippen molar-refractivity contribution >= 4 is 62.3 Å². The number of anilines is 1. The van der Waals surface area contributed by atoms with Crippen molar-refractivity contribution in [2.24, 2.45) is 0 Å². The van der Waals surface area contributed by atoms with Gasteiger partial charge in [0.25, 0.3) is 0 Å². The van der Waals surface area contributed by atoms with Gasteiger partial charge in [-0.1, -0.05) is 53.9 Å². The summed E-state index contributed by atoms with van der Waals surface area (Å²) in [4.78, 5) is 27.8. The van der Waals surface area contributed by atoms with Crippen LogP contribution in [0.2, 0.25) is 15.1 Å². The van der Waals surface area contributed by atoms with E-state index < -0.39 is 28.5 Å². The molecule has 2 unspecified atom stereocenters. The van der Waals surface area contributed by atoms with Gasteiger partial charge in [-0.15, -0.1) is 0 Å². The largest absolute Gasteiger partial charge is 0.497 e. The molecule has 2 atom stereocenters. The van der Waals surface area contributed by atoms with Crippen LogP contribution >= 0.6 is 34.8 Å². The number of halogens is 3. The lowest BCUT2D eigenvalue weighted by Gasteiger charge is -2.32. The molecule has 0 aliphatic heterocycles. The van der Waals surface area contributed by atoms with Crippen molar-refractivity contribution in [3.8, 4) is 5.75 Å². The van der Waals surface area contributed by atoms with Crippen LogP contribution in [0.1, 0.15) is 32.8 Å². The highest BCUT2D eigenvalue weighted by atomic mass is 35.5. The Labute approximate surface area is 227 Å². The van der Waals surface area contributed by atoms with Crippen molar-refractivity contribution in [1.82, 2.24) is 10.2 Å². The normalized spacial score (nSPS) is 13.0. The number of carbonyl (C=O) groups is 2. The van der Waals surface area contributed by atoms with Crippen LogP contribution < -0.4 is 14.4 Å². The predicted octanol–water partition coefficient (Wildman–Crippen LogP) is 4.75. The minimum absolute atomic E-state index is 0.00280. The van der Waals surface area contributed by atoms with Crippen molar-refractivity contribution < 1.29 is 22.7 Å². The number of hydrogen-bond donors (Lipinski definition) is 1. The molecule has 0 saturated heterocycles. The van der Waals surface area contributed by atoms with Gasteiger partial charge in [-0.05, 0) is 50.1 Å². The van der Waals surface area contributed by atoms with Gasteiger partial charge in [-0.2, -0.15) is 0 Å². The van der Waals surface area contributed by atoms with Crippen LogP contribution in [-0.4, -0.2) is 57.1 Å². The van der Waals surface area contributed by atoms with Gasteiger partial charge in [0.05, 0.1) is 34.1 Å². The fourth-order valence-electron chi connectivity index (χ4n) is 3.27.